The van der Waals surface area contributed by atoms with Crippen molar-refractivity contribution in [1.29, 1.82) is 0 Å². The fraction of sp³-hybridized carbons (Fsp3) is 0.286. The van der Waals surface area contributed by atoms with Crippen LogP contribution in [0.2, 0.25) is 5.02 Å². The zero-order chi connectivity index (χ0) is 14.2. The van der Waals surface area contributed by atoms with Gasteiger partial charge in [-0.25, -0.2) is 0 Å². The molecule has 0 unspecified atom stereocenters. The number of carbonyl (C=O) groups excluding carboxylic acids is 1. The van der Waals surface area contributed by atoms with Crippen molar-refractivity contribution in [2.75, 3.05) is 5.73 Å². The van der Waals surface area contributed by atoms with E-state index in [9.17, 15) is 4.79 Å². The monoisotopic (exact) mass is 277 g/mol. The standard InChI is InChI=1S/C14H16ClN3O/c1-14(2,3)11-8-12(16)18(17-11)13(19)9-5-4-6-10(15)7-9/h4-8H,16H2,1-3H3. The lowest BCUT2D eigenvalue weighted by atomic mass is 9.92. The molecule has 0 saturated carbocycles. The Bertz CT molecular complexity index is 626. The van der Waals surface area contributed by atoms with Gasteiger partial charge in [-0.3, -0.25) is 4.79 Å². The van der Waals surface area contributed by atoms with Gasteiger partial charge in [0.05, 0.1) is 5.69 Å². The first-order valence-corrected chi connectivity index (χ1v) is 6.33. The molecule has 4 nitrogen and oxygen atoms in total. The molecule has 5 heteroatoms. The molecule has 100 valence electrons. The number of nitrogen functional groups attached to an aromatic ring is 1. The Kier molecular flexibility index (Phi) is 3.37. The van der Waals surface area contributed by atoms with E-state index in [1.807, 2.05) is 20.8 Å². The summed E-state index contributed by atoms with van der Waals surface area (Å²) in [7, 11) is 0. The molecule has 0 aliphatic heterocycles. The molecule has 0 amide bonds. The van der Waals surface area contributed by atoms with Crippen LogP contribution in [0.15, 0.2) is 30.3 Å². The molecule has 2 N–H and O–H groups in total. The lowest BCUT2D eigenvalue weighted by Gasteiger charge is -2.13. The van der Waals surface area contributed by atoms with Crippen molar-refractivity contribution in [2.45, 2.75) is 26.2 Å². The third kappa shape index (κ3) is 2.79. The molecule has 1 heterocycles. The Morgan fingerprint density at radius 1 is 1.32 bits per heavy atom. The largest absolute Gasteiger partial charge is 0.383 e. The first kappa shape index (κ1) is 13.6. The zero-order valence-corrected chi connectivity index (χ0v) is 11.9. The fourth-order valence-electron chi connectivity index (χ4n) is 1.67. The van der Waals surface area contributed by atoms with Crippen LogP contribution in [0.3, 0.4) is 0 Å². The van der Waals surface area contributed by atoms with Gasteiger partial charge < -0.3 is 5.73 Å². The third-order valence-electron chi connectivity index (χ3n) is 2.77. The molecule has 0 spiro atoms. The van der Waals surface area contributed by atoms with E-state index in [1.165, 1.54) is 4.68 Å². The Balaban J connectivity index is 2.43. The quantitative estimate of drug-likeness (QED) is 0.871. The van der Waals surface area contributed by atoms with Crippen molar-refractivity contribution in [3.63, 3.8) is 0 Å². The van der Waals surface area contributed by atoms with Crippen molar-refractivity contribution in [3.05, 3.63) is 46.6 Å². The minimum atomic E-state index is -0.282. The van der Waals surface area contributed by atoms with Gasteiger partial charge in [0.15, 0.2) is 0 Å². The predicted molar refractivity (Wildman–Crippen MR) is 76.5 cm³/mol. The van der Waals surface area contributed by atoms with Crippen LogP contribution < -0.4 is 5.73 Å². The van der Waals surface area contributed by atoms with E-state index in [0.717, 1.165) is 5.69 Å². The molecule has 1 aromatic heterocycles. The smallest absolute Gasteiger partial charge is 0.280 e. The molecule has 0 saturated heterocycles. The second kappa shape index (κ2) is 4.70. The van der Waals surface area contributed by atoms with Crippen LogP contribution in [0, 0.1) is 0 Å². The zero-order valence-electron chi connectivity index (χ0n) is 11.1. The van der Waals surface area contributed by atoms with E-state index in [1.54, 1.807) is 30.3 Å². The number of hydrogen-bond donors (Lipinski definition) is 1. The summed E-state index contributed by atoms with van der Waals surface area (Å²) in [5, 5.41) is 4.79. The van der Waals surface area contributed by atoms with Crippen LogP contribution in [0.1, 0.15) is 36.8 Å². The molecule has 0 fully saturated rings. The van der Waals surface area contributed by atoms with Gasteiger partial charge in [-0.2, -0.15) is 9.78 Å². The maximum atomic E-state index is 12.3. The van der Waals surface area contributed by atoms with Crippen LogP contribution in [-0.2, 0) is 5.41 Å². The van der Waals surface area contributed by atoms with Crippen LogP contribution in [0.25, 0.3) is 0 Å². The summed E-state index contributed by atoms with van der Waals surface area (Å²) in [5.74, 6) is 0.0467. The van der Waals surface area contributed by atoms with Gasteiger partial charge >= 0.3 is 0 Å². The number of benzene rings is 1. The molecular weight excluding hydrogens is 262 g/mol. The number of nitrogens with zero attached hydrogens (tertiary/aromatic N) is 2. The molecule has 0 radical (unpaired) electrons. The Morgan fingerprint density at radius 3 is 2.53 bits per heavy atom. The topological polar surface area (TPSA) is 60.9 Å². The molecule has 0 atom stereocenters. The van der Waals surface area contributed by atoms with Gasteiger partial charge in [-0.1, -0.05) is 38.4 Å². The lowest BCUT2D eigenvalue weighted by Crippen LogP contribution is -2.18. The summed E-state index contributed by atoms with van der Waals surface area (Å²) in [6, 6.07) is 8.45. The maximum absolute atomic E-state index is 12.3. The van der Waals surface area contributed by atoms with E-state index in [2.05, 4.69) is 5.10 Å². The first-order chi connectivity index (χ1) is 8.79. The summed E-state index contributed by atoms with van der Waals surface area (Å²) < 4.78 is 1.21. The van der Waals surface area contributed by atoms with Crippen molar-refractivity contribution < 1.29 is 4.79 Å². The number of hydrogen-bond acceptors (Lipinski definition) is 3. The van der Waals surface area contributed by atoms with Crippen LogP contribution in [-0.4, -0.2) is 15.7 Å². The van der Waals surface area contributed by atoms with Gasteiger partial charge in [0, 0.05) is 22.1 Å². The highest BCUT2D eigenvalue weighted by Crippen LogP contribution is 2.23. The van der Waals surface area contributed by atoms with Crippen LogP contribution in [0.4, 0.5) is 5.82 Å². The van der Waals surface area contributed by atoms with Gasteiger partial charge in [0.1, 0.15) is 5.82 Å². The first-order valence-electron chi connectivity index (χ1n) is 5.95. The van der Waals surface area contributed by atoms with Crippen LogP contribution >= 0.6 is 11.6 Å². The summed E-state index contributed by atoms with van der Waals surface area (Å²) >= 11 is 5.88. The maximum Gasteiger partial charge on any atom is 0.280 e. The van der Waals surface area contributed by atoms with Gasteiger partial charge in [-0.15, -0.1) is 0 Å². The highest BCUT2D eigenvalue weighted by molar-refractivity contribution is 6.31. The van der Waals surface area contributed by atoms with E-state index >= 15 is 0 Å². The summed E-state index contributed by atoms with van der Waals surface area (Å²) in [6.07, 6.45) is 0. The number of aromatic nitrogens is 2. The highest BCUT2D eigenvalue weighted by Gasteiger charge is 2.21. The average molecular weight is 278 g/mol. The van der Waals surface area contributed by atoms with E-state index in [-0.39, 0.29) is 11.3 Å². The van der Waals surface area contributed by atoms with Gasteiger partial charge in [0.25, 0.3) is 5.91 Å². The molecule has 1 aromatic carbocycles. The number of nitrogens with two attached hydrogens (primary N) is 1. The highest BCUT2D eigenvalue weighted by atomic mass is 35.5. The molecule has 0 aliphatic rings. The number of anilines is 1. The minimum absolute atomic E-state index is 0.159. The Morgan fingerprint density at radius 2 is 2.00 bits per heavy atom. The van der Waals surface area contributed by atoms with E-state index in [4.69, 9.17) is 17.3 Å². The van der Waals surface area contributed by atoms with Gasteiger partial charge in [-0.05, 0) is 18.2 Å². The number of rotatable bonds is 1. The Labute approximate surface area is 117 Å². The molecule has 2 rings (SSSR count). The van der Waals surface area contributed by atoms with Crippen molar-refractivity contribution >= 4 is 23.3 Å². The molecule has 2 aromatic rings. The number of carbonyl (C=O) groups is 1. The van der Waals surface area contributed by atoms with Crippen molar-refractivity contribution in [2.24, 2.45) is 0 Å². The molecule has 0 aliphatic carbocycles. The lowest BCUT2D eigenvalue weighted by molar-refractivity contribution is 0.0947. The van der Waals surface area contributed by atoms with Crippen LogP contribution in [0.5, 0.6) is 0 Å². The SMILES string of the molecule is CC(C)(C)c1cc(N)n(C(=O)c2cccc(Cl)c2)n1. The van der Waals surface area contributed by atoms with E-state index < -0.39 is 0 Å². The second-order valence-corrected chi connectivity index (χ2v) is 5.87. The molecule has 0 bridgehead atoms. The summed E-state index contributed by atoms with van der Waals surface area (Å²) in [6.45, 7) is 6.05. The normalized spacial score (nSPS) is 11.6. The average Bonchev–Trinajstić information content (AvgIpc) is 2.70. The molecule has 19 heavy (non-hydrogen) atoms. The minimum Gasteiger partial charge on any atom is -0.383 e. The Hall–Kier alpha value is -1.81. The van der Waals surface area contributed by atoms with Crippen molar-refractivity contribution in [3.8, 4) is 0 Å². The van der Waals surface area contributed by atoms with E-state index in [0.29, 0.717) is 16.4 Å². The summed E-state index contributed by atoms with van der Waals surface area (Å²) in [4.78, 5) is 12.3. The van der Waals surface area contributed by atoms with Gasteiger partial charge in [0.2, 0.25) is 0 Å². The third-order valence-corrected chi connectivity index (χ3v) is 3.00. The number of halogens is 1. The fourth-order valence-corrected chi connectivity index (χ4v) is 1.86. The predicted octanol–water partition coefficient (Wildman–Crippen LogP) is 3.10. The summed E-state index contributed by atoms with van der Waals surface area (Å²) in [5.41, 5.74) is 6.94. The van der Waals surface area contributed by atoms with Crippen molar-refractivity contribution in [1.82, 2.24) is 9.78 Å². The molecular formula is C14H16ClN3O. The second-order valence-electron chi connectivity index (χ2n) is 5.43.